The zero-order chi connectivity index (χ0) is 19.8. The van der Waals surface area contributed by atoms with E-state index in [1.54, 1.807) is 13.0 Å². The van der Waals surface area contributed by atoms with Crippen LogP contribution < -0.4 is 5.32 Å². The maximum atomic E-state index is 13.3. The van der Waals surface area contributed by atoms with Crippen LogP contribution in [0.4, 0.5) is 0 Å². The first-order chi connectivity index (χ1) is 13.7. The number of aliphatic imine (C=N–C) groups is 1. The number of ether oxygens (including phenoxy) is 1. The van der Waals surface area contributed by atoms with Crippen LogP contribution in [0.3, 0.4) is 0 Å². The van der Waals surface area contributed by atoms with Gasteiger partial charge < -0.3 is 10.1 Å². The van der Waals surface area contributed by atoms with Gasteiger partial charge in [0, 0.05) is 18.7 Å². The van der Waals surface area contributed by atoms with Crippen LogP contribution in [0, 0.1) is 5.92 Å². The van der Waals surface area contributed by atoms with E-state index in [4.69, 9.17) is 4.74 Å². The molecule has 5 nitrogen and oxygen atoms in total. The molecule has 1 N–H and O–H groups in total. The summed E-state index contributed by atoms with van der Waals surface area (Å²) in [5, 5.41) is 3.34. The van der Waals surface area contributed by atoms with Gasteiger partial charge in [0.2, 0.25) is 0 Å². The summed E-state index contributed by atoms with van der Waals surface area (Å²) in [5.74, 6) is -0.103. The number of Topliss-reactive ketones (excluding diaryl/α,β-unsaturated/α-hetero) is 1. The highest BCUT2D eigenvalue weighted by atomic mass is 16.5. The number of hydrogen-bond acceptors (Lipinski definition) is 5. The molecule has 2 aromatic carbocycles. The molecular weight excluding hydrogens is 352 g/mol. The molecule has 2 aromatic rings. The average molecular weight is 378 g/mol. The monoisotopic (exact) mass is 378 g/mol. The van der Waals surface area contributed by atoms with Gasteiger partial charge in [0.1, 0.15) is 5.84 Å². The van der Waals surface area contributed by atoms with Gasteiger partial charge >= 0.3 is 5.97 Å². The first-order valence-electron chi connectivity index (χ1n) is 9.83. The van der Waals surface area contributed by atoms with Gasteiger partial charge in [0.05, 0.1) is 18.1 Å². The van der Waals surface area contributed by atoms with Crippen molar-refractivity contribution in [3.8, 4) is 0 Å². The van der Waals surface area contributed by atoms with Gasteiger partial charge in [0.15, 0.2) is 5.78 Å². The van der Waals surface area contributed by atoms with Crippen molar-refractivity contribution in [3.63, 3.8) is 0 Å². The molecule has 0 aliphatic carbocycles. The highest BCUT2D eigenvalue weighted by Gasteiger charge is 2.28. The Balaban J connectivity index is 1.95. The van der Waals surface area contributed by atoms with E-state index < -0.39 is 5.92 Å². The zero-order valence-corrected chi connectivity index (χ0v) is 16.2. The van der Waals surface area contributed by atoms with E-state index in [0.29, 0.717) is 36.5 Å². The molecule has 0 amide bonds. The van der Waals surface area contributed by atoms with E-state index in [1.807, 2.05) is 48.5 Å². The minimum absolute atomic E-state index is 0.00686. The number of esters is 1. The quantitative estimate of drug-likeness (QED) is 0.589. The zero-order valence-electron chi connectivity index (χ0n) is 16.2. The maximum Gasteiger partial charge on any atom is 0.338 e. The summed E-state index contributed by atoms with van der Waals surface area (Å²) in [6.07, 6.45) is 2.43. The topological polar surface area (TPSA) is 67.8 Å². The SMILES string of the molecule is CCOC(=O)c1ccccc1CC(C(=O)c1ccccc1)C1=NCCCCN1. The standard InChI is InChI=1S/C23H26N2O3/c1-2-28-23(27)19-13-7-6-12-18(19)16-20(22-24-14-8-9-15-25-22)21(26)17-10-4-3-5-11-17/h3-7,10-13,20H,2,8-9,14-16H2,1H3,(H,24,25). The van der Waals surface area contributed by atoms with E-state index in [0.717, 1.165) is 24.9 Å². The third-order valence-electron chi connectivity index (χ3n) is 4.81. The molecule has 28 heavy (non-hydrogen) atoms. The lowest BCUT2D eigenvalue weighted by Crippen LogP contribution is -2.37. The van der Waals surface area contributed by atoms with Gasteiger partial charge in [-0.15, -0.1) is 0 Å². The summed E-state index contributed by atoms with van der Waals surface area (Å²) in [6, 6.07) is 16.6. The molecule has 5 heteroatoms. The van der Waals surface area contributed by atoms with Crippen LogP contribution in [0.1, 0.15) is 46.0 Å². The Bertz CT molecular complexity index is 846. The summed E-state index contributed by atoms with van der Waals surface area (Å²) >= 11 is 0. The van der Waals surface area contributed by atoms with Crippen molar-refractivity contribution in [1.82, 2.24) is 5.32 Å². The summed E-state index contributed by atoms with van der Waals surface area (Å²) in [7, 11) is 0. The smallest absolute Gasteiger partial charge is 0.338 e. The fourth-order valence-corrected chi connectivity index (χ4v) is 3.39. The molecule has 0 radical (unpaired) electrons. The number of carbonyl (C=O) groups excluding carboxylic acids is 2. The van der Waals surface area contributed by atoms with Crippen molar-refractivity contribution >= 4 is 17.6 Å². The fourth-order valence-electron chi connectivity index (χ4n) is 3.39. The Morgan fingerprint density at radius 2 is 1.82 bits per heavy atom. The molecule has 0 fully saturated rings. The van der Waals surface area contributed by atoms with Crippen molar-refractivity contribution in [3.05, 3.63) is 71.3 Å². The van der Waals surface area contributed by atoms with Crippen LogP contribution in [0.5, 0.6) is 0 Å². The van der Waals surface area contributed by atoms with Crippen molar-refractivity contribution in [2.24, 2.45) is 10.9 Å². The number of amidine groups is 1. The Hall–Kier alpha value is -2.95. The third kappa shape index (κ3) is 4.85. The summed E-state index contributed by atoms with van der Waals surface area (Å²) in [4.78, 5) is 30.3. The van der Waals surface area contributed by atoms with Crippen LogP contribution >= 0.6 is 0 Å². The minimum Gasteiger partial charge on any atom is -0.462 e. The summed E-state index contributed by atoms with van der Waals surface area (Å²) in [5.41, 5.74) is 1.95. The molecule has 1 atom stereocenters. The Morgan fingerprint density at radius 3 is 2.61 bits per heavy atom. The second-order valence-corrected chi connectivity index (χ2v) is 6.77. The predicted octanol–water partition coefficient (Wildman–Crippen LogP) is 3.69. The molecule has 1 unspecified atom stereocenters. The summed E-state index contributed by atoms with van der Waals surface area (Å²) < 4.78 is 5.19. The Labute approximate surface area is 165 Å². The lowest BCUT2D eigenvalue weighted by atomic mass is 9.88. The van der Waals surface area contributed by atoms with Gasteiger partial charge in [-0.3, -0.25) is 9.79 Å². The van der Waals surface area contributed by atoms with E-state index in [9.17, 15) is 9.59 Å². The highest BCUT2D eigenvalue weighted by Crippen LogP contribution is 2.21. The first kappa shape index (κ1) is 19.8. The molecular formula is C23H26N2O3. The lowest BCUT2D eigenvalue weighted by molar-refractivity contribution is 0.0524. The number of hydrogen-bond donors (Lipinski definition) is 1. The fraction of sp³-hybridized carbons (Fsp3) is 0.348. The lowest BCUT2D eigenvalue weighted by Gasteiger charge is -2.20. The van der Waals surface area contributed by atoms with Crippen LogP contribution in [0.2, 0.25) is 0 Å². The largest absolute Gasteiger partial charge is 0.462 e. The van der Waals surface area contributed by atoms with Gasteiger partial charge in [-0.1, -0.05) is 48.5 Å². The Kier molecular flexibility index (Phi) is 6.95. The van der Waals surface area contributed by atoms with E-state index in [-0.39, 0.29) is 11.8 Å². The molecule has 0 saturated carbocycles. The molecule has 146 valence electrons. The molecule has 1 aliphatic heterocycles. The molecule has 1 heterocycles. The molecule has 1 aliphatic rings. The number of ketones is 1. The molecule has 3 rings (SSSR count). The highest BCUT2D eigenvalue weighted by molar-refractivity contribution is 6.12. The normalized spacial score (nSPS) is 15.0. The number of nitrogens with zero attached hydrogens (tertiary/aromatic N) is 1. The molecule has 0 bridgehead atoms. The van der Waals surface area contributed by atoms with E-state index >= 15 is 0 Å². The van der Waals surface area contributed by atoms with Crippen molar-refractivity contribution in [2.75, 3.05) is 19.7 Å². The second-order valence-electron chi connectivity index (χ2n) is 6.77. The first-order valence-corrected chi connectivity index (χ1v) is 9.83. The van der Waals surface area contributed by atoms with Gasteiger partial charge in [-0.2, -0.15) is 0 Å². The Morgan fingerprint density at radius 1 is 1.07 bits per heavy atom. The average Bonchev–Trinajstić information content (AvgIpc) is 3.02. The number of benzene rings is 2. The molecule has 0 saturated heterocycles. The van der Waals surface area contributed by atoms with Gasteiger partial charge in [0.25, 0.3) is 0 Å². The minimum atomic E-state index is -0.462. The number of carbonyl (C=O) groups is 2. The third-order valence-corrected chi connectivity index (χ3v) is 4.81. The van der Waals surface area contributed by atoms with Crippen molar-refractivity contribution in [2.45, 2.75) is 26.2 Å². The molecule has 0 aromatic heterocycles. The predicted molar refractivity (Wildman–Crippen MR) is 110 cm³/mol. The van der Waals surface area contributed by atoms with Crippen LogP contribution in [-0.4, -0.2) is 37.3 Å². The van der Waals surface area contributed by atoms with Crippen molar-refractivity contribution in [1.29, 1.82) is 0 Å². The van der Waals surface area contributed by atoms with Gasteiger partial charge in [-0.25, -0.2) is 4.79 Å². The van der Waals surface area contributed by atoms with Gasteiger partial charge in [-0.05, 0) is 37.8 Å². The van der Waals surface area contributed by atoms with Crippen molar-refractivity contribution < 1.29 is 14.3 Å². The summed E-state index contributed by atoms with van der Waals surface area (Å²) in [6.45, 7) is 3.61. The maximum absolute atomic E-state index is 13.3. The van der Waals surface area contributed by atoms with Crippen LogP contribution in [-0.2, 0) is 11.2 Å². The van der Waals surface area contributed by atoms with E-state index in [1.165, 1.54) is 0 Å². The van der Waals surface area contributed by atoms with Crippen LogP contribution in [0.25, 0.3) is 0 Å². The number of rotatable bonds is 7. The molecule has 0 spiro atoms. The van der Waals surface area contributed by atoms with E-state index in [2.05, 4.69) is 10.3 Å². The second kappa shape index (κ2) is 9.83. The van der Waals surface area contributed by atoms with Crippen LogP contribution in [0.15, 0.2) is 59.6 Å². The number of nitrogens with one attached hydrogen (secondary N) is 1.